The van der Waals surface area contributed by atoms with Gasteiger partial charge in [-0.1, -0.05) is 0 Å². The van der Waals surface area contributed by atoms with Gasteiger partial charge in [0, 0.05) is 12.1 Å². The Kier molecular flexibility index (Phi) is 3.24. The van der Waals surface area contributed by atoms with Crippen molar-refractivity contribution in [3.05, 3.63) is 0 Å². The summed E-state index contributed by atoms with van der Waals surface area (Å²) >= 11 is 0. The van der Waals surface area contributed by atoms with Gasteiger partial charge in [-0.15, -0.1) is 0 Å². The van der Waals surface area contributed by atoms with Crippen LogP contribution in [0.2, 0.25) is 0 Å². The van der Waals surface area contributed by atoms with Crippen LogP contribution < -0.4 is 5.73 Å². The van der Waals surface area contributed by atoms with E-state index in [0.29, 0.717) is 0 Å². The van der Waals surface area contributed by atoms with Crippen LogP contribution >= 0.6 is 0 Å². The molecule has 1 unspecified atom stereocenters. The Morgan fingerprint density at radius 2 is 2.00 bits per heavy atom. The summed E-state index contributed by atoms with van der Waals surface area (Å²) in [4.78, 5) is 12.9. The van der Waals surface area contributed by atoms with Gasteiger partial charge < -0.3 is 10.6 Å². The fraction of sp³-hybridized carbons (Fsp3) is 0.900. The van der Waals surface area contributed by atoms with Crippen LogP contribution in [-0.4, -0.2) is 35.1 Å². The zero-order chi connectivity index (χ0) is 12.7. The summed E-state index contributed by atoms with van der Waals surface area (Å²) in [6.07, 6.45) is -4.31. The number of alkyl halides is 3. The summed E-state index contributed by atoms with van der Waals surface area (Å²) < 4.78 is 38.2. The van der Waals surface area contributed by atoms with Gasteiger partial charge in [-0.3, -0.25) is 4.79 Å². The summed E-state index contributed by atoms with van der Waals surface area (Å²) in [5.74, 6) is -1.89. The number of amides is 1. The first kappa shape index (κ1) is 13.3. The smallest absolute Gasteiger partial charge is 0.336 e. The molecule has 0 saturated carbocycles. The minimum atomic E-state index is -4.27. The van der Waals surface area contributed by atoms with E-state index in [1.807, 2.05) is 0 Å². The lowest BCUT2D eigenvalue weighted by atomic mass is 9.87. The molecule has 1 rings (SSSR count). The molecule has 0 aromatic heterocycles. The van der Waals surface area contributed by atoms with E-state index in [2.05, 4.69) is 0 Å². The lowest BCUT2D eigenvalue weighted by Gasteiger charge is -2.37. The normalized spacial score (nSPS) is 26.9. The molecule has 1 heterocycles. The first-order valence-corrected chi connectivity index (χ1v) is 5.22. The zero-order valence-electron chi connectivity index (χ0n) is 9.64. The van der Waals surface area contributed by atoms with E-state index >= 15 is 0 Å². The number of nitrogens with zero attached hydrogens (tertiary/aromatic N) is 1. The predicted octanol–water partition coefficient (Wildman–Crippen LogP) is 1.52. The molecule has 6 heteroatoms. The van der Waals surface area contributed by atoms with Crippen LogP contribution in [0.1, 0.15) is 27.2 Å². The summed E-state index contributed by atoms with van der Waals surface area (Å²) in [6, 6.07) is -0.758. The van der Waals surface area contributed by atoms with Crippen LogP contribution in [0.25, 0.3) is 0 Å². The Hall–Kier alpha value is -0.780. The number of hydrogen-bond acceptors (Lipinski definition) is 2. The van der Waals surface area contributed by atoms with Crippen molar-refractivity contribution in [1.82, 2.24) is 4.90 Å². The second-order valence-corrected chi connectivity index (χ2v) is 4.82. The van der Waals surface area contributed by atoms with Crippen molar-refractivity contribution in [3.63, 3.8) is 0 Å². The van der Waals surface area contributed by atoms with E-state index in [4.69, 9.17) is 5.73 Å². The highest BCUT2D eigenvalue weighted by atomic mass is 19.4. The SMILES string of the molecule is C[C@@H](N)C(=O)N1CCC(C(F)(F)F)C1(C)C. The Bertz CT molecular complexity index is 286. The number of halogens is 3. The number of rotatable bonds is 1. The molecule has 3 nitrogen and oxygen atoms in total. The lowest BCUT2D eigenvalue weighted by Crippen LogP contribution is -2.53. The van der Waals surface area contributed by atoms with Crippen molar-refractivity contribution in [2.24, 2.45) is 11.7 Å². The monoisotopic (exact) mass is 238 g/mol. The Balaban J connectivity index is 2.92. The highest BCUT2D eigenvalue weighted by molar-refractivity contribution is 5.82. The van der Waals surface area contributed by atoms with Crippen LogP contribution in [0.3, 0.4) is 0 Å². The third-order valence-corrected chi connectivity index (χ3v) is 3.24. The standard InChI is InChI=1S/C10H17F3N2O/c1-6(14)8(16)15-5-4-7(9(15,2)3)10(11,12)13/h6-7H,4-5,14H2,1-3H3/t6-,7?/m1/s1. The van der Waals surface area contributed by atoms with E-state index in [-0.39, 0.29) is 13.0 Å². The Labute approximate surface area is 92.8 Å². The number of likely N-dealkylation sites (tertiary alicyclic amines) is 1. The van der Waals surface area contributed by atoms with E-state index in [9.17, 15) is 18.0 Å². The number of carbonyl (C=O) groups excluding carboxylic acids is 1. The van der Waals surface area contributed by atoms with Crippen LogP contribution in [0.4, 0.5) is 13.2 Å². The highest BCUT2D eigenvalue weighted by Crippen LogP contribution is 2.44. The van der Waals surface area contributed by atoms with Gasteiger partial charge in [-0.05, 0) is 27.2 Å². The fourth-order valence-electron chi connectivity index (χ4n) is 2.29. The number of hydrogen-bond donors (Lipinski definition) is 1. The molecule has 0 aromatic rings. The molecule has 2 atom stereocenters. The molecule has 1 aliphatic rings. The third-order valence-electron chi connectivity index (χ3n) is 3.24. The molecular weight excluding hydrogens is 221 g/mol. The molecule has 0 bridgehead atoms. The maximum Gasteiger partial charge on any atom is 0.394 e. The van der Waals surface area contributed by atoms with Crippen molar-refractivity contribution >= 4 is 5.91 Å². The molecule has 0 spiro atoms. The van der Waals surface area contributed by atoms with E-state index in [1.54, 1.807) is 0 Å². The fourth-order valence-corrected chi connectivity index (χ4v) is 2.29. The maximum absolute atomic E-state index is 12.7. The summed E-state index contributed by atoms with van der Waals surface area (Å²) in [7, 11) is 0. The molecule has 0 aliphatic carbocycles. The molecule has 1 saturated heterocycles. The molecule has 0 aromatic carbocycles. The molecule has 0 radical (unpaired) electrons. The van der Waals surface area contributed by atoms with Crippen molar-refractivity contribution in [1.29, 1.82) is 0 Å². The van der Waals surface area contributed by atoms with E-state index < -0.39 is 29.6 Å². The quantitative estimate of drug-likeness (QED) is 0.753. The van der Waals surface area contributed by atoms with E-state index in [1.165, 1.54) is 25.7 Å². The second kappa shape index (κ2) is 3.91. The first-order chi connectivity index (χ1) is 7.08. The third kappa shape index (κ3) is 2.16. The summed E-state index contributed by atoms with van der Waals surface area (Å²) in [6.45, 7) is 4.49. The number of carbonyl (C=O) groups is 1. The van der Waals surface area contributed by atoms with Crippen molar-refractivity contribution in [2.45, 2.75) is 44.9 Å². The average Bonchev–Trinajstić information content (AvgIpc) is 2.38. The largest absolute Gasteiger partial charge is 0.394 e. The van der Waals surface area contributed by atoms with Gasteiger partial charge in [-0.2, -0.15) is 13.2 Å². The molecule has 1 fully saturated rings. The molecule has 2 N–H and O–H groups in total. The average molecular weight is 238 g/mol. The molecule has 94 valence electrons. The summed E-state index contributed by atoms with van der Waals surface area (Å²) in [5.41, 5.74) is 4.21. The minimum absolute atomic E-state index is 0.0467. The second-order valence-electron chi connectivity index (χ2n) is 4.82. The maximum atomic E-state index is 12.7. The number of nitrogens with two attached hydrogens (primary N) is 1. The van der Waals surface area contributed by atoms with Crippen molar-refractivity contribution < 1.29 is 18.0 Å². The van der Waals surface area contributed by atoms with Crippen molar-refractivity contribution in [3.8, 4) is 0 Å². The van der Waals surface area contributed by atoms with Crippen LogP contribution in [-0.2, 0) is 4.79 Å². The predicted molar refractivity (Wildman–Crippen MR) is 53.6 cm³/mol. The summed E-state index contributed by atoms with van der Waals surface area (Å²) in [5, 5.41) is 0. The van der Waals surface area contributed by atoms with Gasteiger partial charge in [0.15, 0.2) is 0 Å². The van der Waals surface area contributed by atoms with Crippen LogP contribution in [0.5, 0.6) is 0 Å². The van der Waals surface area contributed by atoms with Gasteiger partial charge in [0.2, 0.25) is 5.91 Å². The molecular formula is C10H17F3N2O. The van der Waals surface area contributed by atoms with Gasteiger partial charge in [0.05, 0.1) is 12.0 Å². The Morgan fingerprint density at radius 1 is 1.50 bits per heavy atom. The minimum Gasteiger partial charge on any atom is -0.336 e. The van der Waals surface area contributed by atoms with Crippen molar-refractivity contribution in [2.75, 3.05) is 6.54 Å². The van der Waals surface area contributed by atoms with E-state index in [0.717, 1.165) is 0 Å². The van der Waals surface area contributed by atoms with Crippen LogP contribution in [0, 0.1) is 5.92 Å². The zero-order valence-corrected chi connectivity index (χ0v) is 9.64. The molecule has 1 aliphatic heterocycles. The molecule has 16 heavy (non-hydrogen) atoms. The van der Waals surface area contributed by atoms with Gasteiger partial charge in [0.25, 0.3) is 0 Å². The van der Waals surface area contributed by atoms with Gasteiger partial charge in [0.1, 0.15) is 0 Å². The lowest BCUT2D eigenvalue weighted by molar-refractivity contribution is -0.192. The highest BCUT2D eigenvalue weighted by Gasteiger charge is 2.56. The first-order valence-electron chi connectivity index (χ1n) is 5.22. The Morgan fingerprint density at radius 3 is 2.31 bits per heavy atom. The molecule has 1 amide bonds. The van der Waals surface area contributed by atoms with Gasteiger partial charge >= 0.3 is 6.18 Å². The topological polar surface area (TPSA) is 46.3 Å². The van der Waals surface area contributed by atoms with Crippen LogP contribution in [0.15, 0.2) is 0 Å². The van der Waals surface area contributed by atoms with Gasteiger partial charge in [-0.25, -0.2) is 0 Å².